The number of nitrogens with zero attached hydrogens (tertiary/aromatic N) is 1. The lowest BCUT2D eigenvalue weighted by molar-refractivity contribution is -0.161. The van der Waals surface area contributed by atoms with Gasteiger partial charge in [-0.25, -0.2) is 8.42 Å². The van der Waals surface area contributed by atoms with Crippen LogP contribution in [0.4, 0.5) is 13.2 Å². The molecule has 0 aromatic heterocycles. The van der Waals surface area contributed by atoms with E-state index in [1.165, 1.54) is 19.2 Å². The largest absolute Gasteiger partial charge is 0.497 e. The van der Waals surface area contributed by atoms with Gasteiger partial charge in [0.25, 0.3) is 0 Å². The Labute approximate surface area is 208 Å². The predicted molar refractivity (Wildman–Crippen MR) is 128 cm³/mol. The minimum atomic E-state index is -4.90. The summed E-state index contributed by atoms with van der Waals surface area (Å²) in [6.07, 6.45) is -2.73. The number of halogens is 3. The Hall–Kier alpha value is -3.10. The van der Waals surface area contributed by atoms with Crippen LogP contribution in [0.15, 0.2) is 47.4 Å². The highest BCUT2D eigenvalue weighted by Gasteiger charge is 2.48. The predicted octanol–water partition coefficient (Wildman–Crippen LogP) is 4.30. The summed E-state index contributed by atoms with van der Waals surface area (Å²) in [5.41, 5.74) is -0.540. The van der Waals surface area contributed by atoms with E-state index in [1.807, 2.05) is 6.07 Å². The summed E-state index contributed by atoms with van der Waals surface area (Å²) >= 11 is 0. The molecular formula is C25H28F3N3O4S. The molecule has 2 aromatic carbocycles. The van der Waals surface area contributed by atoms with Gasteiger partial charge in [-0.15, -0.1) is 0 Å². The van der Waals surface area contributed by atoms with Crippen LogP contribution in [0, 0.1) is 11.3 Å². The van der Waals surface area contributed by atoms with Gasteiger partial charge in [-0.2, -0.15) is 18.4 Å². The fourth-order valence-corrected chi connectivity index (χ4v) is 4.87. The molecule has 0 unspecified atom stereocenters. The van der Waals surface area contributed by atoms with Crippen LogP contribution < -0.4 is 15.4 Å². The summed E-state index contributed by atoms with van der Waals surface area (Å²) in [7, 11) is -2.59. The second-order valence-electron chi connectivity index (χ2n) is 8.92. The molecule has 0 bridgehead atoms. The summed E-state index contributed by atoms with van der Waals surface area (Å²) in [4.78, 5) is 12.3. The number of hydrogen-bond acceptors (Lipinski definition) is 6. The first-order valence-electron chi connectivity index (χ1n) is 11.4. The van der Waals surface area contributed by atoms with E-state index in [2.05, 4.69) is 10.6 Å². The van der Waals surface area contributed by atoms with Crippen LogP contribution in [0.5, 0.6) is 5.75 Å². The van der Waals surface area contributed by atoms with Crippen molar-refractivity contribution in [3.63, 3.8) is 0 Å². The lowest BCUT2D eigenvalue weighted by Crippen LogP contribution is -2.51. The Balaban J connectivity index is 2.02. The molecule has 0 heterocycles. The molecule has 0 spiro atoms. The number of rotatable bonds is 10. The molecule has 11 heteroatoms. The minimum Gasteiger partial charge on any atom is -0.497 e. The molecule has 2 atom stereocenters. The lowest BCUT2D eigenvalue weighted by atomic mass is 9.98. The van der Waals surface area contributed by atoms with Crippen LogP contribution in [0.25, 0.3) is 11.1 Å². The van der Waals surface area contributed by atoms with Crippen molar-refractivity contribution in [2.24, 2.45) is 0 Å². The van der Waals surface area contributed by atoms with Crippen LogP contribution in [-0.2, 0) is 14.6 Å². The highest BCUT2D eigenvalue weighted by Crippen LogP contribution is 2.39. The van der Waals surface area contributed by atoms with Crippen LogP contribution in [0.1, 0.15) is 44.2 Å². The molecule has 3 rings (SSSR count). The Morgan fingerprint density at radius 3 is 2.25 bits per heavy atom. The first kappa shape index (κ1) is 27.5. The van der Waals surface area contributed by atoms with Gasteiger partial charge < -0.3 is 10.1 Å². The van der Waals surface area contributed by atoms with Crippen molar-refractivity contribution in [1.82, 2.24) is 10.6 Å². The van der Waals surface area contributed by atoms with Crippen LogP contribution in [-0.4, -0.2) is 45.4 Å². The van der Waals surface area contributed by atoms with E-state index in [0.29, 0.717) is 36.1 Å². The van der Waals surface area contributed by atoms with Gasteiger partial charge in [-0.05, 0) is 54.2 Å². The summed E-state index contributed by atoms with van der Waals surface area (Å²) < 4.78 is 73.3. The number of nitrogens with one attached hydrogen (secondary N) is 2. The van der Waals surface area contributed by atoms with Crippen LogP contribution >= 0.6 is 0 Å². The molecule has 2 aromatic rings. The molecule has 7 nitrogen and oxygen atoms in total. The van der Waals surface area contributed by atoms with E-state index < -0.39 is 50.0 Å². The zero-order valence-corrected chi connectivity index (χ0v) is 21.0. The van der Waals surface area contributed by atoms with Crippen molar-refractivity contribution in [2.45, 2.75) is 61.3 Å². The van der Waals surface area contributed by atoms with Gasteiger partial charge in [-0.3, -0.25) is 10.1 Å². The number of carbonyl (C=O) groups excluding carboxylic acids is 1. The van der Waals surface area contributed by atoms with E-state index in [-0.39, 0.29) is 6.42 Å². The fraction of sp³-hybridized carbons (Fsp3) is 0.440. The zero-order valence-electron chi connectivity index (χ0n) is 20.1. The number of ether oxygens (including phenoxy) is 1. The van der Waals surface area contributed by atoms with Crippen molar-refractivity contribution in [3.05, 3.63) is 48.0 Å². The molecule has 36 heavy (non-hydrogen) atoms. The Morgan fingerprint density at radius 1 is 1.17 bits per heavy atom. The first-order chi connectivity index (χ1) is 16.8. The van der Waals surface area contributed by atoms with E-state index in [0.717, 1.165) is 12.3 Å². The van der Waals surface area contributed by atoms with Crippen molar-refractivity contribution in [2.75, 3.05) is 13.4 Å². The number of methoxy groups -OCH3 is 1. The molecule has 0 radical (unpaired) electrons. The number of nitriles is 1. The fourth-order valence-electron chi connectivity index (χ4n) is 3.91. The molecule has 2 N–H and O–H groups in total. The molecule has 1 saturated carbocycles. The van der Waals surface area contributed by atoms with Gasteiger partial charge in [0.05, 0.1) is 24.1 Å². The maximum atomic E-state index is 14.3. The second kappa shape index (κ2) is 10.5. The molecule has 1 fully saturated rings. The molecule has 1 amide bonds. The third-order valence-corrected chi connectivity index (χ3v) is 7.22. The third kappa shape index (κ3) is 6.36. The summed E-state index contributed by atoms with van der Waals surface area (Å²) in [5, 5.41) is 14.1. The number of amides is 1. The van der Waals surface area contributed by atoms with Crippen molar-refractivity contribution >= 4 is 15.7 Å². The zero-order chi connectivity index (χ0) is 26.7. The first-order valence-corrected chi connectivity index (χ1v) is 13.3. The highest BCUT2D eigenvalue weighted by atomic mass is 32.2. The number of benzene rings is 2. The van der Waals surface area contributed by atoms with E-state index in [4.69, 9.17) is 4.74 Å². The van der Waals surface area contributed by atoms with E-state index >= 15 is 0 Å². The second-order valence-corrected chi connectivity index (χ2v) is 10.9. The number of sulfone groups is 1. The van der Waals surface area contributed by atoms with Gasteiger partial charge in [0.15, 0.2) is 9.84 Å². The number of hydrogen-bond donors (Lipinski definition) is 2. The minimum absolute atomic E-state index is 0.0675. The maximum absolute atomic E-state index is 14.3. The highest BCUT2D eigenvalue weighted by molar-refractivity contribution is 7.90. The monoisotopic (exact) mass is 523 g/mol. The van der Waals surface area contributed by atoms with Gasteiger partial charge in [0, 0.05) is 6.26 Å². The quantitative estimate of drug-likeness (QED) is 0.481. The smallest absolute Gasteiger partial charge is 0.407 e. The summed E-state index contributed by atoms with van der Waals surface area (Å²) in [6.45, 7) is 1.72. The molecule has 0 aliphatic heterocycles. The molecular weight excluding hydrogens is 495 g/mol. The molecule has 0 saturated heterocycles. The van der Waals surface area contributed by atoms with Gasteiger partial charge in [0.1, 0.15) is 17.3 Å². The van der Waals surface area contributed by atoms with Gasteiger partial charge in [0.2, 0.25) is 5.91 Å². The lowest BCUT2D eigenvalue weighted by Gasteiger charge is -2.29. The van der Waals surface area contributed by atoms with Crippen molar-refractivity contribution in [1.29, 1.82) is 5.26 Å². The van der Waals surface area contributed by atoms with Crippen molar-refractivity contribution < 1.29 is 31.1 Å². The SMILES string of the molecule is CCC[C@H](N[C@@H](c1ccc(-c2ccc(OC)cc2)cc1S(C)(=O)=O)C(F)(F)F)C(=O)NC1(C#N)CC1. The van der Waals surface area contributed by atoms with Crippen LogP contribution in [0.3, 0.4) is 0 Å². The molecule has 1 aliphatic rings. The normalized spacial score (nSPS) is 16.5. The Morgan fingerprint density at radius 2 is 1.78 bits per heavy atom. The Bertz CT molecular complexity index is 1250. The van der Waals surface area contributed by atoms with Crippen LogP contribution in [0.2, 0.25) is 0 Å². The standard InChI is InChI=1S/C25H28F3N3O4S/c1-4-5-20(23(32)31-24(15-29)12-13-24)30-22(25(26,27)28)19-11-8-17(14-21(19)36(3,33)34)16-6-9-18(35-2)10-7-16/h6-11,14,20,22,30H,4-5,12-13H2,1-3H3,(H,31,32)/t20-,22-/m0/s1. The van der Waals surface area contributed by atoms with Gasteiger partial charge >= 0.3 is 6.18 Å². The van der Waals surface area contributed by atoms with Crippen molar-refractivity contribution in [3.8, 4) is 22.9 Å². The maximum Gasteiger partial charge on any atom is 0.407 e. The third-order valence-electron chi connectivity index (χ3n) is 6.06. The number of alkyl halides is 3. The van der Waals surface area contributed by atoms with Gasteiger partial charge in [-0.1, -0.05) is 37.6 Å². The number of carbonyl (C=O) groups is 1. The van der Waals surface area contributed by atoms with E-state index in [9.17, 15) is 31.6 Å². The average molecular weight is 524 g/mol. The molecule has 194 valence electrons. The topological polar surface area (TPSA) is 108 Å². The average Bonchev–Trinajstić information content (AvgIpc) is 3.60. The summed E-state index contributed by atoms with van der Waals surface area (Å²) in [6, 6.07) is 8.68. The van der Waals surface area contributed by atoms with E-state index in [1.54, 1.807) is 31.2 Å². The molecule has 1 aliphatic carbocycles. The summed E-state index contributed by atoms with van der Waals surface area (Å²) in [5.74, 6) is -0.148. The Kier molecular flexibility index (Phi) is 8.00.